The molecule has 3 heterocycles. The van der Waals surface area contributed by atoms with Crippen molar-refractivity contribution in [1.29, 1.82) is 5.26 Å². The molecular formula is C29H29N7O5S3. The first-order valence-electron chi connectivity index (χ1n) is 13.6. The number of nitrogens with one attached hydrogen (secondary N) is 1. The molecule has 1 fully saturated rings. The Labute approximate surface area is 266 Å². The highest BCUT2D eigenvalue weighted by molar-refractivity contribution is 8.01. The van der Waals surface area contributed by atoms with Gasteiger partial charge in [-0.15, -0.1) is 28.6 Å². The van der Waals surface area contributed by atoms with E-state index in [9.17, 15) is 14.4 Å². The fraction of sp³-hybridized carbons (Fsp3) is 0.345. The van der Waals surface area contributed by atoms with Crippen molar-refractivity contribution in [3.8, 4) is 6.07 Å². The smallest absolute Gasteiger partial charge is 0.356 e. The van der Waals surface area contributed by atoms with Gasteiger partial charge in [0.05, 0.1) is 17.6 Å². The molecule has 0 radical (unpaired) electrons. The summed E-state index contributed by atoms with van der Waals surface area (Å²) >= 11 is 3.85. The minimum absolute atomic E-state index is 0.0127. The topological polar surface area (TPSA) is 152 Å². The summed E-state index contributed by atoms with van der Waals surface area (Å²) in [4.78, 5) is 42.3. The predicted octanol–water partition coefficient (Wildman–Crippen LogP) is 2.91. The molecule has 2 atom stereocenters. The fourth-order valence-electron chi connectivity index (χ4n) is 4.88. The maximum atomic E-state index is 14.2. The zero-order valence-corrected chi connectivity index (χ0v) is 26.4. The second kappa shape index (κ2) is 14.3. The highest BCUT2D eigenvalue weighted by Crippen LogP contribution is 2.48. The second-order valence-corrected chi connectivity index (χ2v) is 12.6. The number of nitrogens with zero attached hydrogens (tertiary/aromatic N) is 6. The number of carbonyl (C=O) groups excluding carboxylic acids is 3. The first-order valence-corrected chi connectivity index (χ1v) is 16.8. The maximum absolute atomic E-state index is 14.2. The van der Waals surface area contributed by atoms with Gasteiger partial charge in [-0.3, -0.25) is 14.5 Å². The number of hydrogen-bond donors (Lipinski definition) is 1. The normalized spacial score (nSPS) is 19.3. The van der Waals surface area contributed by atoms with Gasteiger partial charge < -0.3 is 14.8 Å². The van der Waals surface area contributed by atoms with Gasteiger partial charge >= 0.3 is 5.97 Å². The van der Waals surface area contributed by atoms with E-state index in [0.717, 1.165) is 22.9 Å². The van der Waals surface area contributed by atoms with Gasteiger partial charge in [0, 0.05) is 25.2 Å². The summed E-state index contributed by atoms with van der Waals surface area (Å²) in [5.74, 6) is -0.867. The van der Waals surface area contributed by atoms with Gasteiger partial charge in [-0.1, -0.05) is 72.4 Å². The summed E-state index contributed by atoms with van der Waals surface area (Å²) in [5, 5.41) is 23.0. The van der Waals surface area contributed by atoms with Crippen LogP contribution in [-0.2, 0) is 30.9 Å². The molecule has 0 unspecified atom stereocenters. The van der Waals surface area contributed by atoms with E-state index in [1.54, 1.807) is 14.0 Å². The van der Waals surface area contributed by atoms with Crippen LogP contribution in [0.5, 0.6) is 0 Å². The monoisotopic (exact) mass is 651 g/mol. The van der Waals surface area contributed by atoms with Crippen LogP contribution >= 0.6 is 35.3 Å². The number of aromatic nitrogens is 4. The van der Waals surface area contributed by atoms with Gasteiger partial charge in [0.15, 0.2) is 6.10 Å². The summed E-state index contributed by atoms with van der Waals surface area (Å²) in [6.07, 6.45) is -0.729. The molecule has 0 saturated carbocycles. The number of benzene rings is 2. The van der Waals surface area contributed by atoms with Gasteiger partial charge in [0.1, 0.15) is 11.1 Å². The number of thioether (sulfide) groups is 3. The van der Waals surface area contributed by atoms with Gasteiger partial charge in [-0.25, -0.2) is 9.48 Å². The lowest BCUT2D eigenvalue weighted by molar-refractivity contribution is -0.197. The number of amides is 2. The Bertz CT molecular complexity index is 1540. The highest BCUT2D eigenvalue weighted by atomic mass is 32.2. The van der Waals surface area contributed by atoms with E-state index in [1.165, 1.54) is 33.1 Å². The predicted molar refractivity (Wildman–Crippen MR) is 166 cm³/mol. The van der Waals surface area contributed by atoms with E-state index in [0.29, 0.717) is 22.2 Å². The summed E-state index contributed by atoms with van der Waals surface area (Å²) in [6, 6.07) is 20.8. The van der Waals surface area contributed by atoms with Crippen molar-refractivity contribution >= 4 is 53.1 Å². The molecule has 15 heteroatoms. The molecule has 44 heavy (non-hydrogen) atoms. The quantitative estimate of drug-likeness (QED) is 0.0951. The van der Waals surface area contributed by atoms with E-state index in [4.69, 9.17) is 14.7 Å². The van der Waals surface area contributed by atoms with Crippen molar-refractivity contribution in [2.75, 3.05) is 29.6 Å². The van der Waals surface area contributed by atoms with Crippen LogP contribution in [0, 0.1) is 11.3 Å². The van der Waals surface area contributed by atoms with E-state index >= 15 is 0 Å². The standard InChI is InChI=1S/C29H29N7O5S3/c1-3-40-29(31-22(37)18-42-15-14-30)26(39)36-23(21(16-43-27(29)36)17-44-28-32-33-34-35(28)2)25(38)41-24(19-10-6-4-7-11-19)20-12-8-5-9-13-20/h4-13,24,27H,3,15-18H2,1-2H3,(H,31,37)/t27-,29+/m1/s1. The number of fused-ring (bicyclic) bond motifs is 1. The number of esters is 1. The number of aryl methyl sites for hydroxylation is 1. The average Bonchev–Trinajstić information content (AvgIpc) is 3.46. The van der Waals surface area contributed by atoms with E-state index in [1.807, 2.05) is 66.7 Å². The Balaban J connectivity index is 1.48. The van der Waals surface area contributed by atoms with Crippen molar-refractivity contribution in [3.63, 3.8) is 0 Å². The fourth-order valence-corrected chi connectivity index (χ4v) is 7.73. The number of β-lactam (4-membered cyclic amide) rings is 1. The van der Waals surface area contributed by atoms with Crippen molar-refractivity contribution in [3.05, 3.63) is 83.1 Å². The molecule has 2 aliphatic heterocycles. The van der Waals surface area contributed by atoms with Crippen LogP contribution in [0.25, 0.3) is 0 Å². The summed E-state index contributed by atoms with van der Waals surface area (Å²) in [6.45, 7) is 1.88. The first-order chi connectivity index (χ1) is 21.4. The highest BCUT2D eigenvalue weighted by Gasteiger charge is 2.67. The lowest BCUT2D eigenvalue weighted by Gasteiger charge is -2.56. The van der Waals surface area contributed by atoms with Gasteiger partial charge in [0.2, 0.25) is 11.1 Å². The lowest BCUT2D eigenvalue weighted by atomic mass is 9.97. The minimum atomic E-state index is -1.65. The molecule has 228 valence electrons. The average molecular weight is 652 g/mol. The number of tetrazole rings is 1. The molecule has 1 N–H and O–H groups in total. The van der Waals surface area contributed by atoms with E-state index in [-0.39, 0.29) is 23.8 Å². The molecule has 0 bridgehead atoms. The Morgan fingerprint density at radius 2 is 1.86 bits per heavy atom. The van der Waals surface area contributed by atoms with Crippen molar-refractivity contribution in [1.82, 2.24) is 30.4 Å². The minimum Gasteiger partial charge on any atom is -0.448 e. The SMILES string of the molecule is CCO[C@@]1(NC(=O)CSCC#N)C(=O)N2C(C(=O)OC(c3ccccc3)c3ccccc3)=C(CSc3nnnn3C)CS[C@@H]21. The largest absolute Gasteiger partial charge is 0.448 e. The van der Waals surface area contributed by atoms with Gasteiger partial charge in [-0.2, -0.15) is 5.26 Å². The summed E-state index contributed by atoms with van der Waals surface area (Å²) in [7, 11) is 1.72. The number of nitriles is 1. The Hall–Kier alpha value is -3.84. The Morgan fingerprint density at radius 1 is 1.18 bits per heavy atom. The van der Waals surface area contributed by atoms with Gasteiger partial charge in [-0.05, 0) is 34.1 Å². The van der Waals surface area contributed by atoms with Crippen LogP contribution in [0.4, 0.5) is 0 Å². The van der Waals surface area contributed by atoms with Gasteiger partial charge in [0.25, 0.3) is 11.6 Å². The third kappa shape index (κ3) is 6.48. The molecule has 0 spiro atoms. The maximum Gasteiger partial charge on any atom is 0.356 e. The van der Waals surface area contributed by atoms with Crippen LogP contribution in [0.3, 0.4) is 0 Å². The zero-order valence-electron chi connectivity index (χ0n) is 23.9. The number of ether oxygens (including phenoxy) is 2. The second-order valence-electron chi connectivity index (χ2n) is 9.64. The molecule has 2 aliphatic rings. The molecule has 3 aromatic rings. The molecule has 1 aromatic heterocycles. The molecular weight excluding hydrogens is 623 g/mol. The van der Waals surface area contributed by atoms with E-state index in [2.05, 4.69) is 20.8 Å². The van der Waals surface area contributed by atoms with Crippen LogP contribution < -0.4 is 5.32 Å². The summed E-state index contributed by atoms with van der Waals surface area (Å²) < 4.78 is 13.7. The van der Waals surface area contributed by atoms with Crippen LogP contribution in [0.2, 0.25) is 0 Å². The molecule has 0 aliphatic carbocycles. The molecule has 5 rings (SSSR count). The molecule has 12 nitrogen and oxygen atoms in total. The Morgan fingerprint density at radius 3 is 2.45 bits per heavy atom. The third-order valence-corrected chi connectivity index (χ3v) is 10.1. The Kier molecular flexibility index (Phi) is 10.3. The lowest BCUT2D eigenvalue weighted by Crippen LogP contribution is -2.81. The van der Waals surface area contributed by atoms with Crippen molar-refractivity contribution in [2.24, 2.45) is 7.05 Å². The van der Waals surface area contributed by atoms with Crippen molar-refractivity contribution in [2.45, 2.75) is 29.3 Å². The van der Waals surface area contributed by atoms with Crippen LogP contribution in [0.1, 0.15) is 24.2 Å². The van der Waals surface area contributed by atoms with Crippen LogP contribution in [-0.4, -0.2) is 83.6 Å². The zero-order chi connectivity index (χ0) is 31.1. The first kappa shape index (κ1) is 31.6. The van der Waals surface area contributed by atoms with E-state index < -0.39 is 35.0 Å². The molecule has 2 aromatic carbocycles. The third-order valence-electron chi connectivity index (χ3n) is 6.79. The summed E-state index contributed by atoms with van der Waals surface area (Å²) in [5.41, 5.74) is 0.673. The molecule has 1 saturated heterocycles. The number of rotatable bonds is 13. The number of carbonyl (C=O) groups is 3. The van der Waals surface area contributed by atoms with Crippen LogP contribution in [0.15, 0.2) is 77.1 Å². The number of hydrogen-bond acceptors (Lipinski definition) is 12. The van der Waals surface area contributed by atoms with Crippen molar-refractivity contribution < 1.29 is 23.9 Å². The molecule has 2 amide bonds.